The Morgan fingerprint density at radius 3 is 2.52 bits per heavy atom. The number of benzene rings is 1. The average Bonchev–Trinajstić information content (AvgIpc) is 2.64. The van der Waals surface area contributed by atoms with E-state index >= 15 is 0 Å². The van der Waals surface area contributed by atoms with Gasteiger partial charge in [-0.2, -0.15) is 0 Å². The Balaban J connectivity index is 0.00000364. The van der Waals surface area contributed by atoms with Crippen LogP contribution >= 0.6 is 35.6 Å². The molecule has 0 aromatic heterocycles. The highest BCUT2D eigenvalue weighted by Gasteiger charge is 2.19. The van der Waals surface area contributed by atoms with Crippen LogP contribution in [0.1, 0.15) is 26.7 Å². The van der Waals surface area contributed by atoms with Crippen LogP contribution < -0.4 is 10.2 Å². The molecule has 5 nitrogen and oxygen atoms in total. The van der Waals surface area contributed by atoms with Gasteiger partial charge in [0.15, 0.2) is 5.96 Å². The number of halogens is 2. The molecule has 0 bridgehead atoms. The summed E-state index contributed by atoms with van der Waals surface area (Å²) < 4.78 is 0. The summed E-state index contributed by atoms with van der Waals surface area (Å²) in [4.78, 5) is 11.6. The molecule has 1 aliphatic rings. The van der Waals surface area contributed by atoms with Gasteiger partial charge < -0.3 is 20.0 Å². The van der Waals surface area contributed by atoms with E-state index in [9.17, 15) is 0 Å². The number of nitrogens with one attached hydrogen (secondary N) is 1. The fourth-order valence-electron chi connectivity index (χ4n) is 3.13. The Morgan fingerprint density at radius 2 is 1.93 bits per heavy atom. The smallest absolute Gasteiger partial charge is 0.193 e. The number of hydrogen-bond acceptors (Lipinski definition) is 3. The first-order chi connectivity index (χ1) is 12.5. The Morgan fingerprint density at radius 1 is 1.22 bits per heavy atom. The summed E-state index contributed by atoms with van der Waals surface area (Å²) in [5.74, 6) is 1.02. The lowest BCUT2D eigenvalue weighted by Crippen LogP contribution is -2.52. The van der Waals surface area contributed by atoms with Crippen molar-refractivity contribution in [3.05, 3.63) is 29.3 Å². The number of unbranched alkanes of at least 4 members (excludes halogenated alkanes) is 1. The van der Waals surface area contributed by atoms with Gasteiger partial charge in [-0.1, -0.05) is 17.7 Å². The summed E-state index contributed by atoms with van der Waals surface area (Å²) >= 11 is 6.12. The minimum Gasteiger partial charge on any atom is -0.368 e. The molecule has 0 radical (unpaired) electrons. The second-order valence-corrected chi connectivity index (χ2v) is 7.65. The van der Waals surface area contributed by atoms with Crippen molar-refractivity contribution in [3.63, 3.8) is 0 Å². The molecule has 27 heavy (non-hydrogen) atoms. The van der Waals surface area contributed by atoms with Gasteiger partial charge >= 0.3 is 0 Å². The van der Waals surface area contributed by atoms with Crippen molar-refractivity contribution in [2.75, 3.05) is 58.3 Å². The van der Waals surface area contributed by atoms with Crippen LogP contribution in [0.25, 0.3) is 0 Å². The van der Waals surface area contributed by atoms with E-state index in [2.05, 4.69) is 52.0 Å². The van der Waals surface area contributed by atoms with E-state index in [1.54, 1.807) is 0 Å². The summed E-state index contributed by atoms with van der Waals surface area (Å²) in [6.07, 6.45) is 2.37. The van der Waals surface area contributed by atoms with E-state index in [0.717, 1.165) is 50.3 Å². The maximum atomic E-state index is 6.12. The van der Waals surface area contributed by atoms with Gasteiger partial charge in [0, 0.05) is 56.5 Å². The van der Waals surface area contributed by atoms with Crippen LogP contribution in [0.15, 0.2) is 29.3 Å². The molecule has 1 fully saturated rings. The monoisotopic (exact) mass is 507 g/mol. The molecule has 0 aliphatic carbocycles. The largest absolute Gasteiger partial charge is 0.368 e. The zero-order chi connectivity index (χ0) is 18.9. The van der Waals surface area contributed by atoms with E-state index in [1.165, 1.54) is 18.5 Å². The van der Waals surface area contributed by atoms with E-state index < -0.39 is 0 Å². The van der Waals surface area contributed by atoms with Crippen LogP contribution in [0.2, 0.25) is 5.02 Å². The summed E-state index contributed by atoms with van der Waals surface area (Å²) in [6, 6.07) is 8.72. The second kappa shape index (κ2) is 12.7. The standard InChI is InChI=1S/C20H34ClN5.HI/c1-17(2)24(4)11-6-5-10-23-20(22-3)26-14-12-25(13-15-26)19-9-7-8-18(21)16-19;/h7-9,16-17H,5-6,10-15H2,1-4H3,(H,22,23);1H. The third kappa shape index (κ3) is 8.03. The van der Waals surface area contributed by atoms with Crippen LogP contribution in [0.5, 0.6) is 0 Å². The zero-order valence-electron chi connectivity index (χ0n) is 17.1. The lowest BCUT2D eigenvalue weighted by Gasteiger charge is -2.37. The molecule has 0 amide bonds. The van der Waals surface area contributed by atoms with Crippen LogP contribution in [-0.4, -0.2) is 75.2 Å². The molecule has 1 heterocycles. The van der Waals surface area contributed by atoms with Crippen LogP contribution in [0, 0.1) is 0 Å². The van der Waals surface area contributed by atoms with Crippen molar-refractivity contribution in [3.8, 4) is 0 Å². The first kappa shape index (κ1) is 24.3. The number of aliphatic imine (C=N–C) groups is 1. The van der Waals surface area contributed by atoms with Gasteiger partial charge in [0.1, 0.15) is 0 Å². The molecule has 154 valence electrons. The Labute approximate surface area is 187 Å². The highest BCUT2D eigenvalue weighted by atomic mass is 127. The van der Waals surface area contributed by atoms with Crippen molar-refractivity contribution >= 4 is 47.2 Å². The highest BCUT2D eigenvalue weighted by molar-refractivity contribution is 14.0. The van der Waals surface area contributed by atoms with Crippen molar-refractivity contribution in [2.24, 2.45) is 4.99 Å². The molecule has 1 aliphatic heterocycles. The van der Waals surface area contributed by atoms with E-state index in [1.807, 2.05) is 25.2 Å². The van der Waals surface area contributed by atoms with Crippen LogP contribution in [-0.2, 0) is 0 Å². The van der Waals surface area contributed by atoms with E-state index in [4.69, 9.17) is 11.6 Å². The number of guanidine groups is 1. The normalized spacial score (nSPS) is 15.3. The molecule has 2 rings (SSSR count). The Bertz CT molecular complexity index is 573. The minimum absolute atomic E-state index is 0. The van der Waals surface area contributed by atoms with Crippen molar-refractivity contribution < 1.29 is 0 Å². The first-order valence-electron chi connectivity index (χ1n) is 9.67. The lowest BCUT2D eigenvalue weighted by molar-refractivity contribution is 0.268. The third-order valence-electron chi connectivity index (χ3n) is 5.07. The molecule has 0 spiro atoms. The molecule has 0 unspecified atom stereocenters. The van der Waals surface area contributed by atoms with Gasteiger partial charge in [0.05, 0.1) is 0 Å². The number of rotatable bonds is 7. The summed E-state index contributed by atoms with van der Waals surface area (Å²) in [7, 11) is 4.06. The van der Waals surface area contributed by atoms with Gasteiger partial charge in [-0.05, 0) is 58.5 Å². The molecular weight excluding hydrogens is 473 g/mol. The maximum absolute atomic E-state index is 6.12. The Hall–Kier alpha value is -0.730. The van der Waals surface area contributed by atoms with Gasteiger partial charge in [-0.3, -0.25) is 4.99 Å². The molecule has 1 saturated heterocycles. The molecule has 0 atom stereocenters. The van der Waals surface area contributed by atoms with Crippen molar-refractivity contribution in [2.45, 2.75) is 32.7 Å². The van der Waals surface area contributed by atoms with E-state index in [0.29, 0.717) is 6.04 Å². The predicted octanol–water partition coefficient (Wildman–Crippen LogP) is 3.78. The number of nitrogens with zero attached hydrogens (tertiary/aromatic N) is 4. The zero-order valence-corrected chi connectivity index (χ0v) is 20.2. The SMILES string of the molecule is CN=C(NCCCCN(C)C(C)C)N1CCN(c2cccc(Cl)c2)CC1.I. The number of hydrogen-bond donors (Lipinski definition) is 1. The van der Waals surface area contributed by atoms with Gasteiger partial charge in [0.25, 0.3) is 0 Å². The first-order valence-corrected chi connectivity index (χ1v) is 10.1. The fraction of sp³-hybridized carbons (Fsp3) is 0.650. The van der Waals surface area contributed by atoms with E-state index in [-0.39, 0.29) is 24.0 Å². The molecule has 1 N–H and O–H groups in total. The second-order valence-electron chi connectivity index (χ2n) is 7.21. The molecule has 7 heteroatoms. The molecular formula is C20H35ClIN5. The summed E-state index contributed by atoms with van der Waals surface area (Å²) in [6.45, 7) is 10.5. The molecule has 1 aromatic carbocycles. The van der Waals surface area contributed by atoms with Crippen molar-refractivity contribution in [1.82, 2.24) is 15.1 Å². The Kier molecular flexibility index (Phi) is 11.4. The summed E-state index contributed by atoms with van der Waals surface area (Å²) in [5, 5.41) is 4.32. The number of piperazine rings is 1. The quantitative estimate of drug-likeness (QED) is 0.264. The van der Waals surface area contributed by atoms with Gasteiger partial charge in [0.2, 0.25) is 0 Å². The molecule has 0 saturated carbocycles. The van der Waals surface area contributed by atoms with Crippen LogP contribution in [0.4, 0.5) is 5.69 Å². The minimum atomic E-state index is 0. The lowest BCUT2D eigenvalue weighted by atomic mass is 10.2. The predicted molar refractivity (Wildman–Crippen MR) is 129 cm³/mol. The third-order valence-corrected chi connectivity index (χ3v) is 5.30. The topological polar surface area (TPSA) is 34.1 Å². The highest BCUT2D eigenvalue weighted by Crippen LogP contribution is 2.20. The maximum Gasteiger partial charge on any atom is 0.193 e. The summed E-state index contributed by atoms with van der Waals surface area (Å²) in [5.41, 5.74) is 1.20. The average molecular weight is 508 g/mol. The number of anilines is 1. The van der Waals surface area contributed by atoms with Gasteiger partial charge in [-0.25, -0.2) is 0 Å². The van der Waals surface area contributed by atoms with Crippen LogP contribution in [0.3, 0.4) is 0 Å². The van der Waals surface area contributed by atoms with Gasteiger partial charge in [-0.15, -0.1) is 24.0 Å². The van der Waals surface area contributed by atoms with Crippen molar-refractivity contribution in [1.29, 1.82) is 0 Å². The molecule has 1 aromatic rings. The fourth-order valence-corrected chi connectivity index (χ4v) is 3.31.